The molecule has 0 aliphatic rings. The Morgan fingerprint density at radius 1 is 1.33 bits per heavy atom. The standard InChI is InChI=1S/C10H19NO4/c1-8(2)15-7-9(12)11-6-4-3-5-10(13)14/h8H,3-7H2,1-2H3,(H,11,12)(H,13,14). The number of aliphatic carboxylic acids is 1. The Morgan fingerprint density at radius 2 is 2.00 bits per heavy atom. The van der Waals surface area contributed by atoms with Crippen LogP contribution in [0.2, 0.25) is 0 Å². The summed E-state index contributed by atoms with van der Waals surface area (Å²) in [5.74, 6) is -0.955. The van der Waals surface area contributed by atoms with E-state index in [2.05, 4.69) is 5.32 Å². The number of carbonyl (C=O) groups is 2. The molecule has 0 rings (SSSR count). The Balaban J connectivity index is 3.28. The number of ether oxygens (including phenoxy) is 1. The Hall–Kier alpha value is -1.10. The first-order valence-corrected chi connectivity index (χ1v) is 5.12. The van der Waals surface area contributed by atoms with E-state index in [0.717, 1.165) is 0 Å². The fourth-order valence-electron chi connectivity index (χ4n) is 0.922. The summed E-state index contributed by atoms with van der Waals surface area (Å²) in [6.45, 7) is 4.30. The van der Waals surface area contributed by atoms with Gasteiger partial charge < -0.3 is 15.2 Å². The first-order chi connectivity index (χ1) is 7.02. The van der Waals surface area contributed by atoms with E-state index in [9.17, 15) is 9.59 Å². The maximum Gasteiger partial charge on any atom is 0.303 e. The van der Waals surface area contributed by atoms with Crippen molar-refractivity contribution in [1.29, 1.82) is 0 Å². The molecule has 0 saturated carbocycles. The molecule has 0 bridgehead atoms. The molecule has 0 aromatic rings. The van der Waals surface area contributed by atoms with Crippen molar-refractivity contribution in [2.24, 2.45) is 0 Å². The molecule has 0 aliphatic heterocycles. The highest BCUT2D eigenvalue weighted by Crippen LogP contribution is 1.93. The van der Waals surface area contributed by atoms with Gasteiger partial charge in [-0.1, -0.05) is 0 Å². The van der Waals surface area contributed by atoms with Gasteiger partial charge in [0.1, 0.15) is 6.61 Å². The average molecular weight is 217 g/mol. The van der Waals surface area contributed by atoms with Gasteiger partial charge in [0.2, 0.25) is 5.91 Å². The molecule has 0 atom stereocenters. The zero-order valence-electron chi connectivity index (χ0n) is 9.28. The SMILES string of the molecule is CC(C)OCC(=O)NCCCCC(=O)O. The summed E-state index contributed by atoms with van der Waals surface area (Å²) in [5, 5.41) is 11.0. The Morgan fingerprint density at radius 3 is 2.53 bits per heavy atom. The zero-order valence-corrected chi connectivity index (χ0v) is 9.28. The molecule has 0 radical (unpaired) electrons. The summed E-state index contributed by atoms with van der Waals surface area (Å²) in [5.41, 5.74) is 0. The van der Waals surface area contributed by atoms with E-state index in [1.807, 2.05) is 13.8 Å². The van der Waals surface area contributed by atoms with Crippen LogP contribution >= 0.6 is 0 Å². The predicted octanol–water partition coefficient (Wildman–Crippen LogP) is 0.782. The Kier molecular flexibility index (Phi) is 7.62. The van der Waals surface area contributed by atoms with E-state index < -0.39 is 5.97 Å². The number of unbranched alkanes of at least 4 members (excludes halogenated alkanes) is 1. The van der Waals surface area contributed by atoms with Gasteiger partial charge >= 0.3 is 5.97 Å². The maximum atomic E-state index is 11.1. The molecule has 0 aliphatic carbocycles. The van der Waals surface area contributed by atoms with Gasteiger partial charge in [0.25, 0.3) is 0 Å². The highest BCUT2D eigenvalue weighted by Gasteiger charge is 2.02. The number of nitrogens with one attached hydrogen (secondary N) is 1. The van der Waals surface area contributed by atoms with Crippen LogP contribution in [0.5, 0.6) is 0 Å². The van der Waals surface area contributed by atoms with Crippen LogP contribution in [0, 0.1) is 0 Å². The second kappa shape index (κ2) is 8.23. The van der Waals surface area contributed by atoms with Crippen molar-refractivity contribution < 1.29 is 19.4 Å². The molecule has 1 amide bonds. The van der Waals surface area contributed by atoms with Gasteiger partial charge in [-0.15, -0.1) is 0 Å². The van der Waals surface area contributed by atoms with Crippen LogP contribution in [0.3, 0.4) is 0 Å². The van der Waals surface area contributed by atoms with Crippen molar-refractivity contribution in [1.82, 2.24) is 5.32 Å². The molecule has 5 nitrogen and oxygen atoms in total. The first kappa shape index (κ1) is 13.9. The second-order valence-electron chi connectivity index (χ2n) is 3.56. The van der Waals surface area contributed by atoms with Gasteiger partial charge in [0, 0.05) is 13.0 Å². The predicted molar refractivity (Wildman–Crippen MR) is 55.6 cm³/mol. The van der Waals surface area contributed by atoms with Crippen LogP contribution in [0.15, 0.2) is 0 Å². The van der Waals surface area contributed by atoms with Gasteiger partial charge in [-0.25, -0.2) is 0 Å². The quantitative estimate of drug-likeness (QED) is 0.589. The lowest BCUT2D eigenvalue weighted by Crippen LogP contribution is -2.29. The molecule has 0 unspecified atom stereocenters. The zero-order chi connectivity index (χ0) is 11.7. The van der Waals surface area contributed by atoms with Gasteiger partial charge in [0.15, 0.2) is 0 Å². The number of rotatable bonds is 8. The van der Waals surface area contributed by atoms with Crippen molar-refractivity contribution >= 4 is 11.9 Å². The highest BCUT2D eigenvalue weighted by atomic mass is 16.5. The van der Waals surface area contributed by atoms with E-state index in [1.165, 1.54) is 0 Å². The van der Waals surface area contributed by atoms with Gasteiger partial charge in [-0.2, -0.15) is 0 Å². The minimum atomic E-state index is -0.801. The van der Waals surface area contributed by atoms with E-state index in [1.54, 1.807) is 0 Å². The Labute approximate surface area is 89.8 Å². The van der Waals surface area contributed by atoms with Gasteiger partial charge in [0.05, 0.1) is 6.10 Å². The maximum absolute atomic E-state index is 11.1. The molecule has 0 saturated heterocycles. The van der Waals surface area contributed by atoms with Crippen molar-refractivity contribution in [3.8, 4) is 0 Å². The second-order valence-corrected chi connectivity index (χ2v) is 3.56. The molecule has 5 heteroatoms. The highest BCUT2D eigenvalue weighted by molar-refractivity contribution is 5.77. The molecular weight excluding hydrogens is 198 g/mol. The van der Waals surface area contributed by atoms with Crippen LogP contribution in [-0.2, 0) is 14.3 Å². The van der Waals surface area contributed by atoms with E-state index in [0.29, 0.717) is 19.4 Å². The van der Waals surface area contributed by atoms with Crippen LogP contribution in [-0.4, -0.2) is 36.2 Å². The largest absolute Gasteiger partial charge is 0.481 e. The van der Waals surface area contributed by atoms with E-state index >= 15 is 0 Å². The molecule has 0 aromatic heterocycles. The number of amides is 1. The summed E-state index contributed by atoms with van der Waals surface area (Å²) >= 11 is 0. The number of hydrogen-bond donors (Lipinski definition) is 2. The van der Waals surface area contributed by atoms with E-state index in [-0.39, 0.29) is 25.0 Å². The third-order valence-electron chi connectivity index (χ3n) is 1.69. The topological polar surface area (TPSA) is 75.6 Å². The summed E-state index contributed by atoms with van der Waals surface area (Å²) in [6, 6.07) is 0. The smallest absolute Gasteiger partial charge is 0.303 e. The average Bonchev–Trinajstić information content (AvgIpc) is 2.13. The van der Waals surface area contributed by atoms with Gasteiger partial charge in [-0.05, 0) is 26.7 Å². The molecule has 88 valence electrons. The van der Waals surface area contributed by atoms with Crippen LogP contribution < -0.4 is 5.32 Å². The summed E-state index contributed by atoms with van der Waals surface area (Å²) in [6.07, 6.45) is 1.46. The van der Waals surface area contributed by atoms with Crippen LogP contribution in [0.25, 0.3) is 0 Å². The van der Waals surface area contributed by atoms with Crippen molar-refractivity contribution in [3.63, 3.8) is 0 Å². The Bertz CT molecular complexity index is 204. The first-order valence-electron chi connectivity index (χ1n) is 5.12. The normalized spacial score (nSPS) is 10.3. The molecule has 0 spiro atoms. The van der Waals surface area contributed by atoms with Crippen molar-refractivity contribution in [2.75, 3.05) is 13.2 Å². The third kappa shape index (κ3) is 10.8. The summed E-state index contributed by atoms with van der Waals surface area (Å²) < 4.78 is 5.09. The molecule has 2 N–H and O–H groups in total. The number of carbonyl (C=O) groups excluding carboxylic acids is 1. The van der Waals surface area contributed by atoms with E-state index in [4.69, 9.17) is 9.84 Å². The summed E-state index contributed by atoms with van der Waals surface area (Å²) in [7, 11) is 0. The number of carboxylic acid groups (broad SMARTS) is 1. The molecule has 0 heterocycles. The molecule has 0 fully saturated rings. The molecule has 0 aromatic carbocycles. The monoisotopic (exact) mass is 217 g/mol. The molecule has 15 heavy (non-hydrogen) atoms. The summed E-state index contributed by atoms with van der Waals surface area (Å²) in [4.78, 5) is 21.3. The fourth-order valence-corrected chi connectivity index (χ4v) is 0.922. The third-order valence-corrected chi connectivity index (χ3v) is 1.69. The lowest BCUT2D eigenvalue weighted by atomic mass is 10.2. The van der Waals surface area contributed by atoms with Crippen LogP contribution in [0.1, 0.15) is 33.1 Å². The number of carboxylic acids is 1. The minimum absolute atomic E-state index is 0.0442. The lowest BCUT2D eigenvalue weighted by molar-refractivity contribution is -0.137. The fraction of sp³-hybridized carbons (Fsp3) is 0.800. The minimum Gasteiger partial charge on any atom is -0.481 e. The van der Waals surface area contributed by atoms with Gasteiger partial charge in [-0.3, -0.25) is 9.59 Å². The number of hydrogen-bond acceptors (Lipinski definition) is 3. The lowest BCUT2D eigenvalue weighted by Gasteiger charge is -2.07. The van der Waals surface area contributed by atoms with Crippen molar-refractivity contribution in [3.05, 3.63) is 0 Å². The van der Waals surface area contributed by atoms with Crippen LogP contribution in [0.4, 0.5) is 0 Å². The van der Waals surface area contributed by atoms with Crippen molar-refractivity contribution in [2.45, 2.75) is 39.2 Å². The molecular formula is C10H19NO4.